The van der Waals surface area contributed by atoms with Gasteiger partial charge in [-0.2, -0.15) is 0 Å². The Kier molecular flexibility index (Phi) is 4.44. The lowest BCUT2D eigenvalue weighted by Gasteiger charge is -2.32. The lowest BCUT2D eigenvalue weighted by molar-refractivity contribution is 0.0612. The molecule has 1 aromatic carbocycles. The van der Waals surface area contributed by atoms with Crippen molar-refractivity contribution in [2.45, 2.75) is 25.7 Å². The van der Waals surface area contributed by atoms with Crippen molar-refractivity contribution in [1.82, 2.24) is 4.90 Å². The molecule has 0 atom stereocenters. The van der Waals surface area contributed by atoms with Gasteiger partial charge in [0.25, 0.3) is 5.91 Å². The fraction of sp³-hybridized carbons (Fsp3) is 0.588. The molecule has 4 heteroatoms. The zero-order valence-electron chi connectivity index (χ0n) is 12.7. The maximum atomic E-state index is 12.8. The van der Waals surface area contributed by atoms with Crippen LogP contribution >= 0.6 is 0 Å². The van der Waals surface area contributed by atoms with Crippen LogP contribution in [0.5, 0.6) is 0 Å². The first-order chi connectivity index (χ1) is 10.3. The molecule has 1 fully saturated rings. The molecule has 1 N–H and O–H groups in total. The van der Waals surface area contributed by atoms with Crippen molar-refractivity contribution in [3.8, 4) is 0 Å². The van der Waals surface area contributed by atoms with Crippen LogP contribution in [0, 0.1) is 5.92 Å². The summed E-state index contributed by atoms with van der Waals surface area (Å²) in [6.07, 6.45) is 4.21. The second-order valence-corrected chi connectivity index (χ2v) is 6.05. The molecule has 0 bridgehead atoms. The van der Waals surface area contributed by atoms with Crippen LogP contribution in [0.15, 0.2) is 18.2 Å². The number of nitrogens with zero attached hydrogens (tertiary/aromatic N) is 1. The predicted molar refractivity (Wildman–Crippen MR) is 83.8 cm³/mol. The molecule has 4 nitrogen and oxygen atoms in total. The smallest absolute Gasteiger partial charge is 0.254 e. The number of likely N-dealkylation sites (tertiary alicyclic amines) is 1. The molecule has 114 valence electrons. The number of hydrogen-bond donors (Lipinski definition) is 1. The van der Waals surface area contributed by atoms with Crippen molar-refractivity contribution in [1.29, 1.82) is 0 Å². The van der Waals surface area contributed by atoms with Crippen LogP contribution in [0.1, 0.15) is 35.2 Å². The van der Waals surface area contributed by atoms with Gasteiger partial charge >= 0.3 is 0 Å². The third-order valence-electron chi connectivity index (χ3n) is 4.63. The third kappa shape index (κ3) is 3.05. The number of rotatable bonds is 3. The molecule has 21 heavy (non-hydrogen) atoms. The summed E-state index contributed by atoms with van der Waals surface area (Å²) in [6.45, 7) is 3.52. The average molecular weight is 288 g/mol. The van der Waals surface area contributed by atoms with E-state index in [1.165, 1.54) is 5.56 Å². The van der Waals surface area contributed by atoms with E-state index in [0.717, 1.165) is 63.2 Å². The highest BCUT2D eigenvalue weighted by Gasteiger charge is 2.26. The summed E-state index contributed by atoms with van der Waals surface area (Å²) in [5, 5.41) is 3.40. The van der Waals surface area contributed by atoms with Crippen molar-refractivity contribution in [2.24, 2.45) is 5.92 Å². The van der Waals surface area contributed by atoms with E-state index >= 15 is 0 Å². The number of anilines is 1. The first-order valence-corrected chi connectivity index (χ1v) is 7.93. The van der Waals surface area contributed by atoms with E-state index in [1.54, 1.807) is 7.11 Å². The largest absolute Gasteiger partial charge is 0.385 e. The van der Waals surface area contributed by atoms with E-state index in [9.17, 15) is 4.79 Å². The van der Waals surface area contributed by atoms with Crippen LogP contribution in [0.3, 0.4) is 0 Å². The van der Waals surface area contributed by atoms with Crippen LogP contribution in [0.4, 0.5) is 5.69 Å². The van der Waals surface area contributed by atoms with Crippen molar-refractivity contribution >= 4 is 11.6 Å². The van der Waals surface area contributed by atoms with Gasteiger partial charge in [0.05, 0.1) is 0 Å². The average Bonchev–Trinajstić information content (AvgIpc) is 2.55. The molecule has 2 aliphatic heterocycles. The number of benzene rings is 1. The van der Waals surface area contributed by atoms with Crippen molar-refractivity contribution in [3.63, 3.8) is 0 Å². The molecule has 2 heterocycles. The van der Waals surface area contributed by atoms with Gasteiger partial charge in [0, 0.05) is 44.6 Å². The number of carbonyl (C=O) groups excluding carboxylic acids is 1. The Morgan fingerprint density at radius 3 is 2.95 bits per heavy atom. The first-order valence-electron chi connectivity index (χ1n) is 7.93. The minimum absolute atomic E-state index is 0.200. The summed E-state index contributed by atoms with van der Waals surface area (Å²) in [6, 6.07) is 6.05. The van der Waals surface area contributed by atoms with E-state index in [0.29, 0.717) is 5.92 Å². The second kappa shape index (κ2) is 6.48. The summed E-state index contributed by atoms with van der Waals surface area (Å²) < 4.78 is 5.22. The molecule has 0 aromatic heterocycles. The van der Waals surface area contributed by atoms with Crippen LogP contribution in [0.25, 0.3) is 0 Å². The summed E-state index contributed by atoms with van der Waals surface area (Å²) in [4.78, 5) is 14.8. The summed E-state index contributed by atoms with van der Waals surface area (Å²) in [5.74, 6) is 0.803. The van der Waals surface area contributed by atoms with Crippen molar-refractivity contribution < 1.29 is 9.53 Å². The minimum atomic E-state index is 0.200. The molecule has 1 amide bonds. The molecular formula is C17H24N2O2. The highest BCUT2D eigenvalue weighted by Crippen LogP contribution is 2.27. The topological polar surface area (TPSA) is 41.6 Å². The lowest BCUT2D eigenvalue weighted by atomic mass is 9.94. The molecular weight excluding hydrogens is 264 g/mol. The van der Waals surface area contributed by atoms with Gasteiger partial charge in [0.1, 0.15) is 0 Å². The lowest BCUT2D eigenvalue weighted by Crippen LogP contribution is -2.40. The number of hydrogen-bond acceptors (Lipinski definition) is 3. The molecule has 0 radical (unpaired) electrons. The van der Waals surface area contributed by atoms with Gasteiger partial charge in [-0.3, -0.25) is 4.79 Å². The van der Waals surface area contributed by atoms with Crippen LogP contribution in [-0.2, 0) is 11.2 Å². The molecule has 0 spiro atoms. The molecule has 2 aliphatic rings. The Bertz CT molecular complexity index is 508. The molecule has 0 aliphatic carbocycles. The van der Waals surface area contributed by atoms with Gasteiger partial charge in [0.15, 0.2) is 0 Å². The maximum Gasteiger partial charge on any atom is 0.254 e. The quantitative estimate of drug-likeness (QED) is 0.929. The van der Waals surface area contributed by atoms with Gasteiger partial charge in [-0.05, 0) is 49.3 Å². The number of nitrogens with one attached hydrogen (secondary N) is 1. The zero-order chi connectivity index (χ0) is 14.7. The van der Waals surface area contributed by atoms with Gasteiger partial charge in [-0.25, -0.2) is 0 Å². The molecule has 1 saturated heterocycles. The summed E-state index contributed by atoms with van der Waals surface area (Å²) in [7, 11) is 1.75. The molecule has 1 aromatic rings. The standard InChI is InChI=1S/C17H24N2O2/c1-21-12-13-7-10-19(11-8-13)17(20)15-4-2-6-16-14(15)5-3-9-18-16/h2,4,6,13,18H,3,5,7-12H2,1H3. The Morgan fingerprint density at radius 1 is 1.38 bits per heavy atom. The van der Waals surface area contributed by atoms with E-state index < -0.39 is 0 Å². The Balaban J connectivity index is 1.72. The van der Waals surface area contributed by atoms with E-state index in [-0.39, 0.29) is 5.91 Å². The van der Waals surface area contributed by atoms with E-state index in [4.69, 9.17) is 4.74 Å². The van der Waals surface area contributed by atoms with E-state index in [2.05, 4.69) is 11.4 Å². The van der Waals surface area contributed by atoms with Gasteiger partial charge in [-0.15, -0.1) is 0 Å². The van der Waals surface area contributed by atoms with Crippen molar-refractivity contribution in [2.75, 3.05) is 38.7 Å². The zero-order valence-corrected chi connectivity index (χ0v) is 12.7. The number of piperidine rings is 1. The van der Waals surface area contributed by atoms with Crippen LogP contribution in [0.2, 0.25) is 0 Å². The third-order valence-corrected chi connectivity index (χ3v) is 4.63. The summed E-state index contributed by atoms with van der Waals surface area (Å²) >= 11 is 0. The fourth-order valence-corrected chi connectivity index (χ4v) is 3.42. The number of methoxy groups -OCH3 is 1. The fourth-order valence-electron chi connectivity index (χ4n) is 3.42. The summed E-state index contributed by atoms with van der Waals surface area (Å²) in [5.41, 5.74) is 3.24. The number of fused-ring (bicyclic) bond motifs is 1. The van der Waals surface area contributed by atoms with E-state index in [1.807, 2.05) is 17.0 Å². The second-order valence-electron chi connectivity index (χ2n) is 6.05. The Labute approximate surface area is 126 Å². The highest BCUT2D eigenvalue weighted by atomic mass is 16.5. The molecule has 0 saturated carbocycles. The van der Waals surface area contributed by atoms with Crippen LogP contribution in [-0.4, -0.2) is 44.2 Å². The number of amides is 1. The van der Waals surface area contributed by atoms with Crippen LogP contribution < -0.4 is 5.32 Å². The Morgan fingerprint density at radius 2 is 2.19 bits per heavy atom. The number of ether oxygens (including phenoxy) is 1. The monoisotopic (exact) mass is 288 g/mol. The Hall–Kier alpha value is -1.55. The molecule has 0 unspecified atom stereocenters. The first kappa shape index (κ1) is 14.4. The highest BCUT2D eigenvalue weighted by molar-refractivity contribution is 5.97. The van der Waals surface area contributed by atoms with Gasteiger partial charge < -0.3 is 15.0 Å². The molecule has 3 rings (SSSR count). The van der Waals surface area contributed by atoms with Crippen molar-refractivity contribution in [3.05, 3.63) is 29.3 Å². The SMILES string of the molecule is COCC1CCN(C(=O)c2cccc3c2CCCN3)CC1. The normalized spacial score (nSPS) is 19.0. The van der Waals surface area contributed by atoms with Gasteiger partial charge in [0.2, 0.25) is 0 Å². The predicted octanol–water partition coefficient (Wildman–Crippen LogP) is 2.54. The number of carbonyl (C=O) groups is 1. The minimum Gasteiger partial charge on any atom is -0.385 e. The maximum absolute atomic E-state index is 12.8. The van der Waals surface area contributed by atoms with Gasteiger partial charge in [-0.1, -0.05) is 6.07 Å².